The largest absolute Gasteiger partial charge is 0.492 e. The van der Waals surface area contributed by atoms with Gasteiger partial charge in [0.05, 0.1) is 11.1 Å². The fourth-order valence-corrected chi connectivity index (χ4v) is 3.82. The van der Waals surface area contributed by atoms with Crippen molar-refractivity contribution in [1.82, 2.24) is 0 Å². The average Bonchev–Trinajstić information content (AvgIpc) is 2.76. The molecule has 0 heterocycles. The third-order valence-electron chi connectivity index (χ3n) is 4.58. The summed E-state index contributed by atoms with van der Waals surface area (Å²) in [6.07, 6.45) is 4.83. The monoisotopic (exact) mass is 339 g/mol. The molecule has 3 heteroatoms. The van der Waals surface area contributed by atoms with Crippen molar-refractivity contribution in [2.24, 2.45) is 17.1 Å². The third kappa shape index (κ3) is 3.37. The molecular weight excluding hydrogens is 314 g/mol. The molecule has 2 N–H and O–H groups in total. The Bertz CT molecular complexity index is 458. The maximum absolute atomic E-state index is 6.53. The number of nitrogens with two attached hydrogens (primary N) is 1. The van der Waals surface area contributed by atoms with Crippen LogP contribution in [0.5, 0.6) is 5.75 Å². The van der Waals surface area contributed by atoms with Crippen molar-refractivity contribution in [3.05, 3.63) is 28.2 Å². The van der Waals surface area contributed by atoms with E-state index in [1.165, 1.54) is 24.8 Å². The molecule has 1 aliphatic carbocycles. The molecule has 0 aliphatic heterocycles. The van der Waals surface area contributed by atoms with Gasteiger partial charge in [-0.05, 0) is 64.2 Å². The van der Waals surface area contributed by atoms with E-state index in [1.54, 1.807) is 0 Å². The minimum absolute atomic E-state index is 0.115. The number of hydrogen-bond donors (Lipinski definition) is 1. The molecule has 2 nitrogen and oxygen atoms in total. The molecule has 1 aromatic carbocycles. The van der Waals surface area contributed by atoms with E-state index in [1.807, 2.05) is 6.07 Å². The van der Waals surface area contributed by atoms with E-state index in [0.717, 1.165) is 23.2 Å². The highest BCUT2D eigenvalue weighted by Crippen LogP contribution is 2.48. The molecule has 1 saturated carbocycles. The first-order chi connectivity index (χ1) is 9.45. The van der Waals surface area contributed by atoms with E-state index in [2.05, 4.69) is 48.8 Å². The van der Waals surface area contributed by atoms with Crippen LogP contribution in [-0.2, 0) is 0 Å². The van der Waals surface area contributed by atoms with Crippen LogP contribution in [-0.4, -0.2) is 6.61 Å². The fraction of sp³-hybridized carbons (Fsp3) is 0.647. The quantitative estimate of drug-likeness (QED) is 0.813. The van der Waals surface area contributed by atoms with Gasteiger partial charge in [0, 0.05) is 6.04 Å². The number of benzene rings is 1. The summed E-state index contributed by atoms with van der Waals surface area (Å²) in [6, 6.07) is 6.40. The maximum atomic E-state index is 6.53. The van der Waals surface area contributed by atoms with E-state index in [4.69, 9.17) is 10.5 Å². The summed E-state index contributed by atoms with van der Waals surface area (Å²) in [4.78, 5) is 0. The van der Waals surface area contributed by atoms with Gasteiger partial charge in [-0.1, -0.05) is 33.3 Å². The van der Waals surface area contributed by atoms with Crippen LogP contribution in [0.1, 0.15) is 58.1 Å². The second kappa shape index (κ2) is 6.48. The second-order valence-corrected chi connectivity index (χ2v) is 7.41. The summed E-state index contributed by atoms with van der Waals surface area (Å²) in [7, 11) is 0. The van der Waals surface area contributed by atoms with Crippen LogP contribution in [0.3, 0.4) is 0 Å². The minimum atomic E-state index is 0.115. The molecule has 0 bridgehead atoms. The van der Waals surface area contributed by atoms with Gasteiger partial charge in [0.2, 0.25) is 0 Å². The van der Waals surface area contributed by atoms with Crippen LogP contribution < -0.4 is 10.5 Å². The Morgan fingerprint density at radius 1 is 1.45 bits per heavy atom. The zero-order valence-corrected chi connectivity index (χ0v) is 14.4. The molecule has 0 spiro atoms. The SMILES string of the molecule is CCCOc1ccc(C(N)C2CCCC2(C)C)cc1Br. The Labute approximate surface area is 131 Å². The van der Waals surface area contributed by atoms with Crippen molar-refractivity contribution in [3.63, 3.8) is 0 Å². The lowest BCUT2D eigenvalue weighted by Crippen LogP contribution is -2.29. The summed E-state index contributed by atoms with van der Waals surface area (Å²) in [5.41, 5.74) is 8.09. The predicted octanol–water partition coefficient (Wildman–Crippen LogP) is 5.06. The van der Waals surface area contributed by atoms with Gasteiger partial charge in [0.15, 0.2) is 0 Å². The average molecular weight is 340 g/mol. The lowest BCUT2D eigenvalue weighted by atomic mass is 9.76. The molecule has 0 aromatic heterocycles. The van der Waals surface area contributed by atoms with Gasteiger partial charge in [-0.15, -0.1) is 0 Å². The summed E-state index contributed by atoms with van der Waals surface area (Å²) in [6.45, 7) is 7.55. The first-order valence-corrected chi connectivity index (χ1v) is 8.43. The number of ether oxygens (including phenoxy) is 1. The van der Waals surface area contributed by atoms with E-state index in [-0.39, 0.29) is 6.04 Å². The molecule has 0 radical (unpaired) electrons. The molecule has 0 saturated heterocycles. The summed E-state index contributed by atoms with van der Waals surface area (Å²) < 4.78 is 6.71. The summed E-state index contributed by atoms with van der Waals surface area (Å²) in [5.74, 6) is 1.48. The molecule has 1 aliphatic rings. The van der Waals surface area contributed by atoms with E-state index >= 15 is 0 Å². The van der Waals surface area contributed by atoms with Crippen LogP contribution in [0.4, 0.5) is 0 Å². The van der Waals surface area contributed by atoms with Crippen molar-refractivity contribution < 1.29 is 4.74 Å². The van der Waals surface area contributed by atoms with E-state index in [0.29, 0.717) is 11.3 Å². The topological polar surface area (TPSA) is 35.2 Å². The van der Waals surface area contributed by atoms with Crippen molar-refractivity contribution in [2.75, 3.05) is 6.61 Å². The standard InChI is InChI=1S/C17H26BrNO/c1-4-10-20-15-8-7-12(11-14(15)18)16(19)13-6-5-9-17(13,2)3/h7-8,11,13,16H,4-6,9-10,19H2,1-3H3. The summed E-state index contributed by atoms with van der Waals surface area (Å²) in [5, 5.41) is 0. The Balaban J connectivity index is 2.14. The van der Waals surface area contributed by atoms with Gasteiger partial charge in [0.1, 0.15) is 5.75 Å². The fourth-order valence-electron chi connectivity index (χ4n) is 3.31. The highest BCUT2D eigenvalue weighted by atomic mass is 79.9. The van der Waals surface area contributed by atoms with Crippen molar-refractivity contribution >= 4 is 15.9 Å². The van der Waals surface area contributed by atoms with Gasteiger partial charge in [0.25, 0.3) is 0 Å². The smallest absolute Gasteiger partial charge is 0.133 e. The molecule has 0 amide bonds. The van der Waals surface area contributed by atoms with Gasteiger partial charge in [-0.2, -0.15) is 0 Å². The number of halogens is 1. The third-order valence-corrected chi connectivity index (χ3v) is 5.20. The lowest BCUT2D eigenvalue weighted by molar-refractivity contribution is 0.222. The minimum Gasteiger partial charge on any atom is -0.492 e. The Morgan fingerprint density at radius 3 is 2.75 bits per heavy atom. The van der Waals surface area contributed by atoms with Crippen LogP contribution >= 0.6 is 15.9 Å². The van der Waals surface area contributed by atoms with Crippen LogP contribution in [0.15, 0.2) is 22.7 Å². The maximum Gasteiger partial charge on any atom is 0.133 e. The molecule has 112 valence electrons. The lowest BCUT2D eigenvalue weighted by Gasteiger charge is -2.32. The number of hydrogen-bond acceptors (Lipinski definition) is 2. The van der Waals surface area contributed by atoms with Crippen LogP contribution in [0.25, 0.3) is 0 Å². The zero-order valence-electron chi connectivity index (χ0n) is 12.8. The van der Waals surface area contributed by atoms with Crippen molar-refractivity contribution in [3.8, 4) is 5.75 Å². The molecule has 1 fully saturated rings. The van der Waals surface area contributed by atoms with E-state index in [9.17, 15) is 0 Å². The Kier molecular flexibility index (Phi) is 5.14. The van der Waals surface area contributed by atoms with Crippen molar-refractivity contribution in [1.29, 1.82) is 0 Å². The Hall–Kier alpha value is -0.540. The first-order valence-electron chi connectivity index (χ1n) is 7.63. The molecular formula is C17H26BrNO. The molecule has 2 unspecified atom stereocenters. The molecule has 1 aromatic rings. The molecule has 2 rings (SSSR count). The summed E-state index contributed by atoms with van der Waals surface area (Å²) >= 11 is 3.60. The highest BCUT2D eigenvalue weighted by Gasteiger charge is 2.38. The molecule has 20 heavy (non-hydrogen) atoms. The van der Waals surface area contributed by atoms with Gasteiger partial charge in [-0.3, -0.25) is 0 Å². The zero-order chi connectivity index (χ0) is 14.8. The van der Waals surface area contributed by atoms with Crippen LogP contribution in [0, 0.1) is 11.3 Å². The van der Waals surface area contributed by atoms with Gasteiger partial charge >= 0.3 is 0 Å². The highest BCUT2D eigenvalue weighted by molar-refractivity contribution is 9.10. The number of rotatable bonds is 5. The normalized spacial score (nSPS) is 22.8. The Morgan fingerprint density at radius 2 is 2.20 bits per heavy atom. The van der Waals surface area contributed by atoms with Gasteiger partial charge < -0.3 is 10.5 Å². The van der Waals surface area contributed by atoms with Crippen molar-refractivity contribution in [2.45, 2.75) is 52.5 Å². The van der Waals surface area contributed by atoms with Gasteiger partial charge in [-0.25, -0.2) is 0 Å². The predicted molar refractivity (Wildman–Crippen MR) is 88.0 cm³/mol. The second-order valence-electron chi connectivity index (χ2n) is 6.55. The first kappa shape index (κ1) is 15.8. The molecule has 2 atom stereocenters. The van der Waals surface area contributed by atoms with E-state index < -0.39 is 0 Å². The van der Waals surface area contributed by atoms with Crippen LogP contribution in [0.2, 0.25) is 0 Å².